The third-order valence-corrected chi connectivity index (χ3v) is 3.26. The summed E-state index contributed by atoms with van der Waals surface area (Å²) >= 11 is 0. The van der Waals surface area contributed by atoms with E-state index in [1.165, 1.54) is 23.1 Å². The summed E-state index contributed by atoms with van der Waals surface area (Å²) in [7, 11) is 3.29. The first-order chi connectivity index (χ1) is 8.50. The number of likely N-dealkylation sites (tertiary alicyclic amines) is 1. The molecule has 1 fully saturated rings. The molecule has 0 N–H and O–H groups in total. The maximum absolute atomic E-state index is 13.1. The zero-order valence-corrected chi connectivity index (χ0v) is 10.4. The summed E-state index contributed by atoms with van der Waals surface area (Å²) in [5.41, 5.74) is 0.264. The van der Waals surface area contributed by atoms with E-state index in [1.807, 2.05) is 0 Å². The number of nitrogens with zero attached hydrogens (tertiary/aromatic N) is 2. The highest BCUT2D eigenvalue weighted by atomic mass is 19.1. The first kappa shape index (κ1) is 12.5. The Kier molecular flexibility index (Phi) is 3.32. The molecular formula is C13H15FN2O2. The van der Waals surface area contributed by atoms with Gasteiger partial charge in [-0.1, -0.05) is 6.07 Å². The second-order valence-corrected chi connectivity index (χ2v) is 4.49. The van der Waals surface area contributed by atoms with Gasteiger partial charge in [0.25, 0.3) is 5.91 Å². The van der Waals surface area contributed by atoms with Gasteiger partial charge in [0.05, 0.1) is 0 Å². The number of rotatable bonds is 2. The van der Waals surface area contributed by atoms with Crippen LogP contribution in [-0.2, 0) is 4.79 Å². The van der Waals surface area contributed by atoms with Crippen molar-refractivity contribution in [2.75, 3.05) is 20.6 Å². The van der Waals surface area contributed by atoms with Gasteiger partial charge in [0.1, 0.15) is 11.9 Å². The molecule has 1 aliphatic heterocycles. The average Bonchev–Trinajstić information content (AvgIpc) is 2.68. The first-order valence-electron chi connectivity index (χ1n) is 5.78. The largest absolute Gasteiger partial charge is 0.344 e. The molecule has 1 atom stereocenters. The van der Waals surface area contributed by atoms with Gasteiger partial charge >= 0.3 is 0 Å². The van der Waals surface area contributed by atoms with Crippen LogP contribution >= 0.6 is 0 Å². The highest BCUT2D eigenvalue weighted by Crippen LogP contribution is 2.17. The van der Waals surface area contributed by atoms with E-state index in [0.717, 1.165) is 0 Å². The Hall–Kier alpha value is -1.91. The average molecular weight is 250 g/mol. The van der Waals surface area contributed by atoms with Crippen molar-refractivity contribution in [1.82, 2.24) is 9.80 Å². The molecule has 18 heavy (non-hydrogen) atoms. The number of benzene rings is 1. The maximum Gasteiger partial charge on any atom is 0.254 e. The predicted molar refractivity (Wildman–Crippen MR) is 64.5 cm³/mol. The molecule has 96 valence electrons. The summed E-state index contributed by atoms with van der Waals surface area (Å²) < 4.78 is 13.1. The molecule has 0 saturated carbocycles. The zero-order chi connectivity index (χ0) is 13.3. The molecule has 0 aromatic heterocycles. The van der Waals surface area contributed by atoms with Gasteiger partial charge in [0.15, 0.2) is 0 Å². The van der Waals surface area contributed by atoms with Crippen LogP contribution in [0.4, 0.5) is 4.39 Å². The molecule has 5 heteroatoms. The summed E-state index contributed by atoms with van der Waals surface area (Å²) in [5.74, 6) is -0.852. The minimum atomic E-state index is -0.455. The number of hydrogen-bond donors (Lipinski definition) is 0. The fraction of sp³-hybridized carbons (Fsp3) is 0.385. The lowest BCUT2D eigenvalue weighted by molar-refractivity contribution is -0.130. The van der Waals surface area contributed by atoms with E-state index in [2.05, 4.69) is 0 Å². The summed E-state index contributed by atoms with van der Waals surface area (Å²) in [6, 6.07) is 5.06. The van der Waals surface area contributed by atoms with Crippen molar-refractivity contribution in [2.45, 2.75) is 12.5 Å². The quantitative estimate of drug-likeness (QED) is 0.789. The molecule has 1 heterocycles. The molecule has 0 radical (unpaired) electrons. The molecule has 0 spiro atoms. The molecule has 0 bridgehead atoms. The predicted octanol–water partition coefficient (Wildman–Crippen LogP) is 1.13. The fourth-order valence-corrected chi connectivity index (χ4v) is 2.13. The summed E-state index contributed by atoms with van der Waals surface area (Å²) in [6.07, 6.45) is 0.618. The third-order valence-electron chi connectivity index (χ3n) is 3.26. The molecule has 1 aliphatic rings. The van der Waals surface area contributed by atoms with E-state index in [4.69, 9.17) is 0 Å². The second kappa shape index (κ2) is 4.76. The van der Waals surface area contributed by atoms with Gasteiger partial charge in [0.2, 0.25) is 5.91 Å². The van der Waals surface area contributed by atoms with Crippen molar-refractivity contribution in [3.05, 3.63) is 35.6 Å². The minimum Gasteiger partial charge on any atom is -0.344 e. The van der Waals surface area contributed by atoms with Crippen LogP contribution in [0.3, 0.4) is 0 Å². The Balaban J connectivity index is 2.17. The Morgan fingerprint density at radius 1 is 1.50 bits per heavy atom. The monoisotopic (exact) mass is 250 g/mol. The van der Waals surface area contributed by atoms with E-state index < -0.39 is 11.9 Å². The van der Waals surface area contributed by atoms with Gasteiger partial charge < -0.3 is 9.80 Å². The molecule has 2 amide bonds. The van der Waals surface area contributed by atoms with Crippen molar-refractivity contribution in [1.29, 1.82) is 0 Å². The first-order valence-corrected chi connectivity index (χ1v) is 5.78. The molecule has 4 nitrogen and oxygen atoms in total. The van der Waals surface area contributed by atoms with Crippen LogP contribution in [0, 0.1) is 5.82 Å². The number of likely N-dealkylation sites (N-methyl/N-ethyl adjacent to an activating group) is 2. The van der Waals surface area contributed by atoms with Gasteiger partial charge in [-0.15, -0.1) is 0 Å². The summed E-state index contributed by atoms with van der Waals surface area (Å²) in [4.78, 5) is 26.9. The van der Waals surface area contributed by atoms with Crippen molar-refractivity contribution in [2.24, 2.45) is 0 Å². The highest BCUT2D eigenvalue weighted by molar-refractivity contribution is 5.97. The Morgan fingerprint density at radius 3 is 2.78 bits per heavy atom. The molecule has 1 aromatic carbocycles. The Morgan fingerprint density at radius 2 is 2.22 bits per heavy atom. The number of halogens is 1. The van der Waals surface area contributed by atoms with Gasteiger partial charge in [-0.25, -0.2) is 4.39 Å². The lowest BCUT2D eigenvalue weighted by Gasteiger charge is -2.23. The second-order valence-electron chi connectivity index (χ2n) is 4.49. The van der Waals surface area contributed by atoms with E-state index in [9.17, 15) is 14.0 Å². The number of amides is 2. The molecule has 1 saturated heterocycles. The molecule has 1 aromatic rings. The summed E-state index contributed by atoms with van der Waals surface area (Å²) in [5, 5.41) is 0. The van der Waals surface area contributed by atoms with Crippen LogP contribution in [0.1, 0.15) is 16.8 Å². The van der Waals surface area contributed by atoms with Crippen LogP contribution < -0.4 is 0 Å². The lowest BCUT2D eigenvalue weighted by Crippen LogP contribution is -2.42. The van der Waals surface area contributed by atoms with Gasteiger partial charge in [-0.3, -0.25) is 9.59 Å². The van der Waals surface area contributed by atoms with Gasteiger partial charge in [-0.2, -0.15) is 0 Å². The van der Waals surface area contributed by atoms with Crippen molar-refractivity contribution < 1.29 is 14.0 Å². The van der Waals surface area contributed by atoms with Gasteiger partial charge in [-0.05, 0) is 24.6 Å². The van der Waals surface area contributed by atoms with Crippen LogP contribution in [-0.4, -0.2) is 48.3 Å². The topological polar surface area (TPSA) is 40.6 Å². The van der Waals surface area contributed by atoms with Crippen molar-refractivity contribution in [3.63, 3.8) is 0 Å². The van der Waals surface area contributed by atoms with Gasteiger partial charge in [0, 0.05) is 26.2 Å². The third kappa shape index (κ3) is 2.20. The zero-order valence-electron chi connectivity index (χ0n) is 10.4. The normalized spacial score (nSPS) is 19.2. The number of hydrogen-bond acceptors (Lipinski definition) is 2. The van der Waals surface area contributed by atoms with E-state index in [1.54, 1.807) is 25.1 Å². The Bertz CT molecular complexity index is 490. The van der Waals surface area contributed by atoms with E-state index in [0.29, 0.717) is 13.0 Å². The fourth-order valence-electron chi connectivity index (χ4n) is 2.13. The highest BCUT2D eigenvalue weighted by Gasteiger charge is 2.34. The van der Waals surface area contributed by atoms with Crippen LogP contribution in [0.15, 0.2) is 24.3 Å². The Labute approximate surface area is 105 Å². The van der Waals surface area contributed by atoms with Crippen molar-refractivity contribution in [3.8, 4) is 0 Å². The smallest absolute Gasteiger partial charge is 0.254 e. The summed E-state index contributed by atoms with van der Waals surface area (Å²) in [6.45, 7) is 0.643. The number of carbonyl (C=O) groups excluding carboxylic acids is 2. The van der Waals surface area contributed by atoms with Crippen molar-refractivity contribution >= 4 is 11.8 Å². The van der Waals surface area contributed by atoms with Crippen LogP contribution in [0.25, 0.3) is 0 Å². The molecule has 0 aliphatic carbocycles. The standard InChI is InChI=1S/C13H15FN2O2/c1-15-7-6-11(13(15)18)16(2)12(17)9-4-3-5-10(14)8-9/h3-5,8,11H,6-7H2,1-2H3. The molecule has 1 unspecified atom stereocenters. The maximum atomic E-state index is 13.1. The number of carbonyl (C=O) groups is 2. The molecular weight excluding hydrogens is 235 g/mol. The minimum absolute atomic E-state index is 0.0674. The SMILES string of the molecule is CN1CCC(N(C)C(=O)c2cccc(F)c2)C1=O. The van der Waals surface area contributed by atoms with E-state index >= 15 is 0 Å². The van der Waals surface area contributed by atoms with E-state index in [-0.39, 0.29) is 17.4 Å². The lowest BCUT2D eigenvalue weighted by atomic mass is 10.1. The van der Waals surface area contributed by atoms with Crippen LogP contribution in [0.5, 0.6) is 0 Å². The van der Waals surface area contributed by atoms with Crippen LogP contribution in [0.2, 0.25) is 0 Å². The molecule has 2 rings (SSSR count).